The molecule has 4 heteroatoms. The summed E-state index contributed by atoms with van der Waals surface area (Å²) >= 11 is 5.83. The van der Waals surface area contributed by atoms with Gasteiger partial charge in [0.05, 0.1) is 12.2 Å². The van der Waals surface area contributed by atoms with Crippen molar-refractivity contribution in [2.24, 2.45) is 0 Å². The van der Waals surface area contributed by atoms with Gasteiger partial charge in [-0.05, 0) is 42.0 Å². The standard InChI is InChI=1S/C17H14ClNO2/c18-15-5-3-13(4-6-15)8-11-21-17(20)14-7-10-19-9-1-2-16(19)12-14/h1-7,9-10,12H,8,11H2. The molecule has 3 rings (SSSR count). The number of aromatic nitrogens is 1. The molecule has 3 nitrogen and oxygen atoms in total. The van der Waals surface area contributed by atoms with Crippen LogP contribution >= 0.6 is 11.6 Å². The van der Waals surface area contributed by atoms with E-state index in [1.807, 2.05) is 59.3 Å². The molecule has 21 heavy (non-hydrogen) atoms. The number of carbonyl (C=O) groups is 1. The lowest BCUT2D eigenvalue weighted by Gasteiger charge is -2.06. The minimum absolute atomic E-state index is 0.298. The van der Waals surface area contributed by atoms with Crippen LogP contribution in [-0.2, 0) is 11.2 Å². The molecule has 0 amide bonds. The highest BCUT2D eigenvalue weighted by molar-refractivity contribution is 6.30. The van der Waals surface area contributed by atoms with Gasteiger partial charge in [-0.3, -0.25) is 0 Å². The summed E-state index contributed by atoms with van der Waals surface area (Å²) in [5, 5.41) is 0.705. The van der Waals surface area contributed by atoms with E-state index in [9.17, 15) is 4.79 Å². The van der Waals surface area contributed by atoms with E-state index in [-0.39, 0.29) is 5.97 Å². The van der Waals surface area contributed by atoms with Crippen LogP contribution in [0.25, 0.3) is 5.52 Å². The molecule has 106 valence electrons. The largest absolute Gasteiger partial charge is 0.462 e. The second kappa shape index (κ2) is 6.02. The van der Waals surface area contributed by atoms with Gasteiger partial charge in [-0.15, -0.1) is 0 Å². The lowest BCUT2D eigenvalue weighted by molar-refractivity contribution is 0.0509. The molecular weight excluding hydrogens is 286 g/mol. The molecule has 2 heterocycles. The summed E-state index contributed by atoms with van der Waals surface area (Å²) in [6, 6.07) is 15.0. The molecule has 0 radical (unpaired) electrons. The molecule has 0 aliphatic heterocycles. The molecule has 0 N–H and O–H groups in total. The van der Waals surface area contributed by atoms with E-state index < -0.39 is 0 Å². The van der Waals surface area contributed by atoms with Crippen molar-refractivity contribution in [2.75, 3.05) is 6.61 Å². The molecule has 0 fully saturated rings. The Bertz CT molecular complexity index is 762. The Kier molecular flexibility index (Phi) is 3.93. The highest BCUT2D eigenvalue weighted by Crippen LogP contribution is 2.11. The number of carbonyl (C=O) groups excluding carboxylic acids is 1. The van der Waals surface area contributed by atoms with E-state index in [0.29, 0.717) is 23.6 Å². The van der Waals surface area contributed by atoms with Crippen molar-refractivity contribution in [2.45, 2.75) is 6.42 Å². The quantitative estimate of drug-likeness (QED) is 0.682. The van der Waals surface area contributed by atoms with Gasteiger partial charge in [-0.2, -0.15) is 0 Å². The van der Waals surface area contributed by atoms with Gasteiger partial charge in [0.2, 0.25) is 0 Å². The van der Waals surface area contributed by atoms with Crippen molar-refractivity contribution in [1.82, 2.24) is 4.40 Å². The zero-order valence-corrected chi connectivity index (χ0v) is 12.1. The molecule has 0 bridgehead atoms. The number of pyridine rings is 1. The Balaban J connectivity index is 1.59. The van der Waals surface area contributed by atoms with Gasteiger partial charge in [-0.1, -0.05) is 23.7 Å². The predicted octanol–water partition coefficient (Wildman–Crippen LogP) is 3.99. The fourth-order valence-electron chi connectivity index (χ4n) is 2.16. The zero-order chi connectivity index (χ0) is 14.7. The first-order valence-corrected chi connectivity index (χ1v) is 7.08. The number of halogens is 1. The number of esters is 1. The molecule has 0 saturated carbocycles. The Hall–Kier alpha value is -2.26. The van der Waals surface area contributed by atoms with Crippen molar-refractivity contribution in [3.63, 3.8) is 0 Å². The highest BCUT2D eigenvalue weighted by Gasteiger charge is 2.07. The Morgan fingerprint density at radius 3 is 2.71 bits per heavy atom. The van der Waals surface area contributed by atoms with Crippen LogP contribution in [0.2, 0.25) is 5.02 Å². The molecule has 0 aliphatic carbocycles. The van der Waals surface area contributed by atoms with E-state index in [4.69, 9.17) is 16.3 Å². The molecule has 2 aromatic heterocycles. The fraction of sp³-hybridized carbons (Fsp3) is 0.118. The Morgan fingerprint density at radius 2 is 1.90 bits per heavy atom. The first kappa shape index (κ1) is 13.7. The summed E-state index contributed by atoms with van der Waals surface area (Å²) in [5.41, 5.74) is 2.63. The van der Waals surface area contributed by atoms with Gasteiger partial charge < -0.3 is 9.14 Å². The van der Waals surface area contributed by atoms with Crippen molar-refractivity contribution < 1.29 is 9.53 Å². The van der Waals surface area contributed by atoms with Gasteiger partial charge in [0.1, 0.15) is 0 Å². The van der Waals surface area contributed by atoms with Crippen molar-refractivity contribution in [1.29, 1.82) is 0 Å². The number of rotatable bonds is 4. The van der Waals surface area contributed by atoms with Crippen molar-refractivity contribution >= 4 is 23.1 Å². The smallest absolute Gasteiger partial charge is 0.338 e. The number of fused-ring (bicyclic) bond motifs is 1. The summed E-state index contributed by atoms with van der Waals surface area (Å²) in [7, 11) is 0. The minimum Gasteiger partial charge on any atom is -0.462 e. The van der Waals surface area contributed by atoms with E-state index in [0.717, 1.165) is 11.1 Å². The Labute approximate surface area is 127 Å². The molecule has 0 unspecified atom stereocenters. The van der Waals surface area contributed by atoms with Gasteiger partial charge in [-0.25, -0.2) is 4.79 Å². The maximum absolute atomic E-state index is 12.0. The van der Waals surface area contributed by atoms with Gasteiger partial charge in [0, 0.05) is 29.4 Å². The molecule has 0 spiro atoms. The number of benzene rings is 1. The van der Waals surface area contributed by atoms with Crippen LogP contribution in [0.3, 0.4) is 0 Å². The number of hydrogen-bond donors (Lipinski definition) is 0. The van der Waals surface area contributed by atoms with Crippen LogP contribution in [0, 0.1) is 0 Å². The third-order valence-electron chi connectivity index (χ3n) is 3.30. The summed E-state index contributed by atoms with van der Waals surface area (Å²) in [4.78, 5) is 12.0. The monoisotopic (exact) mass is 299 g/mol. The zero-order valence-electron chi connectivity index (χ0n) is 11.3. The average Bonchev–Trinajstić information content (AvgIpc) is 2.96. The summed E-state index contributed by atoms with van der Waals surface area (Å²) in [5.74, 6) is -0.298. The molecule has 3 aromatic rings. The lowest BCUT2D eigenvalue weighted by atomic mass is 10.2. The molecule has 1 aromatic carbocycles. The van der Waals surface area contributed by atoms with Crippen molar-refractivity contribution in [3.8, 4) is 0 Å². The third kappa shape index (κ3) is 3.26. The number of ether oxygens (including phenoxy) is 1. The molecule has 0 aliphatic rings. The second-order valence-electron chi connectivity index (χ2n) is 4.77. The fourth-order valence-corrected chi connectivity index (χ4v) is 2.28. The van der Waals surface area contributed by atoms with Gasteiger partial charge >= 0.3 is 5.97 Å². The van der Waals surface area contributed by atoms with E-state index in [2.05, 4.69) is 0 Å². The average molecular weight is 300 g/mol. The maximum atomic E-state index is 12.0. The molecule has 0 atom stereocenters. The predicted molar refractivity (Wildman–Crippen MR) is 82.8 cm³/mol. The van der Waals surface area contributed by atoms with Crippen LogP contribution in [-0.4, -0.2) is 17.0 Å². The summed E-state index contributed by atoms with van der Waals surface area (Å²) < 4.78 is 7.26. The number of hydrogen-bond acceptors (Lipinski definition) is 2. The first-order valence-electron chi connectivity index (χ1n) is 6.71. The van der Waals surface area contributed by atoms with Crippen LogP contribution < -0.4 is 0 Å². The van der Waals surface area contributed by atoms with Gasteiger partial charge in [0.15, 0.2) is 0 Å². The normalized spacial score (nSPS) is 10.7. The highest BCUT2D eigenvalue weighted by atomic mass is 35.5. The second-order valence-corrected chi connectivity index (χ2v) is 5.20. The number of nitrogens with zero attached hydrogens (tertiary/aromatic N) is 1. The first-order chi connectivity index (χ1) is 10.2. The van der Waals surface area contributed by atoms with Crippen LogP contribution in [0.1, 0.15) is 15.9 Å². The van der Waals surface area contributed by atoms with Crippen LogP contribution in [0.5, 0.6) is 0 Å². The summed E-state index contributed by atoms with van der Waals surface area (Å²) in [6.07, 6.45) is 4.46. The van der Waals surface area contributed by atoms with Crippen LogP contribution in [0.15, 0.2) is 60.9 Å². The lowest BCUT2D eigenvalue weighted by Crippen LogP contribution is -2.08. The van der Waals surface area contributed by atoms with E-state index in [1.54, 1.807) is 6.07 Å². The third-order valence-corrected chi connectivity index (χ3v) is 3.55. The topological polar surface area (TPSA) is 30.7 Å². The van der Waals surface area contributed by atoms with Gasteiger partial charge in [0.25, 0.3) is 0 Å². The molecular formula is C17H14ClNO2. The minimum atomic E-state index is -0.298. The summed E-state index contributed by atoms with van der Waals surface area (Å²) in [6.45, 7) is 0.354. The van der Waals surface area contributed by atoms with E-state index >= 15 is 0 Å². The SMILES string of the molecule is O=C(OCCc1ccc(Cl)cc1)c1ccn2cccc2c1. The maximum Gasteiger partial charge on any atom is 0.338 e. The van der Waals surface area contributed by atoms with E-state index in [1.165, 1.54) is 0 Å². The Morgan fingerprint density at radius 1 is 1.10 bits per heavy atom. The van der Waals surface area contributed by atoms with Crippen molar-refractivity contribution in [3.05, 3.63) is 77.1 Å². The van der Waals surface area contributed by atoms with Crippen LogP contribution in [0.4, 0.5) is 0 Å². The molecule has 0 saturated heterocycles.